The van der Waals surface area contributed by atoms with Crippen LogP contribution in [0, 0.1) is 0 Å². The zero-order valence-electron chi connectivity index (χ0n) is 14.7. The number of nitrogens with zero attached hydrogens (tertiary/aromatic N) is 1. The van der Waals surface area contributed by atoms with E-state index in [2.05, 4.69) is 10.5 Å². The zero-order valence-corrected chi connectivity index (χ0v) is 17.0. The first kappa shape index (κ1) is 20.9. The number of nitrogens with one attached hydrogen (secondary N) is 1. The van der Waals surface area contributed by atoms with Crippen LogP contribution in [0.3, 0.4) is 0 Å². The first-order valence-corrected chi connectivity index (χ1v) is 9.42. The Morgan fingerprint density at radius 3 is 2.31 bits per heavy atom. The summed E-state index contributed by atoms with van der Waals surface area (Å²) < 4.78 is 5.34. The van der Waals surface area contributed by atoms with E-state index in [4.69, 9.17) is 39.5 Å². The summed E-state index contributed by atoms with van der Waals surface area (Å²) in [5.74, 6) is -0.612. The van der Waals surface area contributed by atoms with Crippen LogP contribution in [0.1, 0.15) is 26.3 Å². The normalized spacial score (nSPS) is 10.7. The predicted octanol–water partition coefficient (Wildman–Crippen LogP) is 5.63. The number of hydrogen-bond donors (Lipinski definition) is 1. The Hall–Kier alpha value is -2.86. The van der Waals surface area contributed by atoms with Crippen LogP contribution in [0.2, 0.25) is 15.1 Å². The van der Waals surface area contributed by atoms with Crippen molar-refractivity contribution >= 4 is 52.9 Å². The summed E-state index contributed by atoms with van der Waals surface area (Å²) in [6.45, 7) is 0. The molecule has 0 radical (unpaired) electrons. The summed E-state index contributed by atoms with van der Waals surface area (Å²) in [5.41, 5.74) is 3.72. The zero-order chi connectivity index (χ0) is 20.8. The van der Waals surface area contributed by atoms with Crippen molar-refractivity contribution in [3.8, 4) is 5.75 Å². The molecule has 29 heavy (non-hydrogen) atoms. The molecule has 0 unspecified atom stereocenters. The van der Waals surface area contributed by atoms with Crippen molar-refractivity contribution in [1.29, 1.82) is 0 Å². The molecule has 0 heterocycles. The molecule has 3 aromatic carbocycles. The lowest BCUT2D eigenvalue weighted by Crippen LogP contribution is -2.17. The number of ether oxygens (including phenoxy) is 1. The van der Waals surface area contributed by atoms with Gasteiger partial charge in [0.05, 0.1) is 21.8 Å². The van der Waals surface area contributed by atoms with Crippen molar-refractivity contribution < 1.29 is 14.3 Å². The van der Waals surface area contributed by atoms with Gasteiger partial charge in [-0.15, -0.1) is 0 Å². The number of amides is 1. The Kier molecular flexibility index (Phi) is 6.88. The molecule has 3 rings (SSSR count). The monoisotopic (exact) mass is 446 g/mol. The van der Waals surface area contributed by atoms with E-state index in [1.54, 1.807) is 48.5 Å². The van der Waals surface area contributed by atoms with Gasteiger partial charge in [0.15, 0.2) is 0 Å². The molecule has 8 heteroatoms. The fourth-order valence-corrected chi connectivity index (χ4v) is 2.70. The quantitative estimate of drug-likeness (QED) is 0.238. The molecule has 0 saturated heterocycles. The van der Waals surface area contributed by atoms with Gasteiger partial charge in [0.1, 0.15) is 5.75 Å². The number of hydrazone groups is 1. The number of rotatable bonds is 5. The molecule has 0 atom stereocenters. The van der Waals surface area contributed by atoms with Crippen molar-refractivity contribution in [2.45, 2.75) is 0 Å². The lowest BCUT2D eigenvalue weighted by Gasteiger charge is -2.05. The third-order valence-electron chi connectivity index (χ3n) is 3.71. The topological polar surface area (TPSA) is 67.8 Å². The van der Waals surface area contributed by atoms with Gasteiger partial charge in [-0.3, -0.25) is 4.79 Å². The van der Waals surface area contributed by atoms with Gasteiger partial charge in [0, 0.05) is 10.6 Å². The number of benzene rings is 3. The summed E-state index contributed by atoms with van der Waals surface area (Å²) in [6.07, 6.45) is 1.43. The van der Waals surface area contributed by atoms with E-state index in [1.807, 2.05) is 0 Å². The predicted molar refractivity (Wildman–Crippen MR) is 114 cm³/mol. The van der Waals surface area contributed by atoms with E-state index in [0.29, 0.717) is 32.5 Å². The van der Waals surface area contributed by atoms with Crippen LogP contribution in [0.25, 0.3) is 0 Å². The lowest BCUT2D eigenvalue weighted by molar-refractivity contribution is 0.0734. The second kappa shape index (κ2) is 9.56. The van der Waals surface area contributed by atoms with Gasteiger partial charge < -0.3 is 4.74 Å². The highest BCUT2D eigenvalue weighted by atomic mass is 35.5. The fourth-order valence-electron chi connectivity index (χ4n) is 2.28. The molecule has 1 N–H and O–H groups in total. The molecular weight excluding hydrogens is 435 g/mol. The third kappa shape index (κ3) is 5.81. The Bertz CT molecular complexity index is 1080. The number of carbonyl (C=O) groups is 2. The Balaban J connectivity index is 1.63. The highest BCUT2D eigenvalue weighted by Gasteiger charge is 2.09. The van der Waals surface area contributed by atoms with Crippen LogP contribution in [0.5, 0.6) is 5.75 Å². The van der Waals surface area contributed by atoms with Gasteiger partial charge in [-0.1, -0.05) is 46.9 Å². The van der Waals surface area contributed by atoms with Gasteiger partial charge >= 0.3 is 5.97 Å². The second-order valence-corrected chi connectivity index (χ2v) is 7.05. The van der Waals surface area contributed by atoms with Crippen molar-refractivity contribution in [1.82, 2.24) is 5.43 Å². The van der Waals surface area contributed by atoms with E-state index in [9.17, 15) is 9.59 Å². The van der Waals surface area contributed by atoms with Gasteiger partial charge in [0.25, 0.3) is 5.91 Å². The number of hydrogen-bond acceptors (Lipinski definition) is 4. The van der Waals surface area contributed by atoms with E-state index in [1.165, 1.54) is 24.4 Å². The van der Waals surface area contributed by atoms with Crippen LogP contribution in [-0.2, 0) is 0 Å². The molecule has 0 fully saturated rings. The highest BCUT2D eigenvalue weighted by molar-refractivity contribution is 6.42. The van der Waals surface area contributed by atoms with Crippen molar-refractivity contribution in [2.24, 2.45) is 5.10 Å². The molecule has 5 nitrogen and oxygen atoms in total. The lowest BCUT2D eigenvalue weighted by atomic mass is 10.2. The maximum Gasteiger partial charge on any atom is 0.343 e. The molecule has 0 aliphatic rings. The summed E-state index contributed by atoms with van der Waals surface area (Å²) >= 11 is 17.5. The third-order valence-corrected chi connectivity index (χ3v) is 4.70. The molecule has 0 saturated carbocycles. The van der Waals surface area contributed by atoms with Crippen LogP contribution >= 0.6 is 34.8 Å². The number of esters is 1. The van der Waals surface area contributed by atoms with Crippen molar-refractivity contribution in [3.63, 3.8) is 0 Å². The standard InChI is InChI=1S/C21H13Cl3N2O3/c22-16-7-4-14(5-8-16)21(28)29-17-3-1-2-13(10-17)12-25-26-20(27)15-6-9-18(23)19(24)11-15/h1-12H,(H,26,27)/b25-12+. The molecule has 0 bridgehead atoms. The Morgan fingerprint density at radius 1 is 0.862 bits per heavy atom. The minimum absolute atomic E-state index is 0.276. The Morgan fingerprint density at radius 2 is 1.59 bits per heavy atom. The number of halogens is 3. The molecular formula is C21H13Cl3N2O3. The molecule has 146 valence electrons. The SMILES string of the molecule is O=C(N/N=C/c1cccc(OC(=O)c2ccc(Cl)cc2)c1)c1ccc(Cl)c(Cl)c1. The first-order chi connectivity index (χ1) is 13.9. The molecule has 0 aliphatic carbocycles. The highest BCUT2D eigenvalue weighted by Crippen LogP contribution is 2.22. The smallest absolute Gasteiger partial charge is 0.343 e. The van der Waals surface area contributed by atoms with Crippen molar-refractivity contribution in [3.05, 3.63) is 98.5 Å². The maximum atomic E-state index is 12.2. The van der Waals surface area contributed by atoms with Gasteiger partial charge in [-0.05, 0) is 60.2 Å². The average molecular weight is 448 g/mol. The summed E-state index contributed by atoms with van der Waals surface area (Å²) in [5, 5.41) is 5.07. The maximum absolute atomic E-state index is 12.2. The minimum Gasteiger partial charge on any atom is -0.423 e. The van der Waals surface area contributed by atoms with Crippen LogP contribution in [0.15, 0.2) is 71.8 Å². The molecule has 0 spiro atoms. The minimum atomic E-state index is -0.510. The van der Waals surface area contributed by atoms with E-state index in [-0.39, 0.29) is 5.02 Å². The van der Waals surface area contributed by atoms with Crippen LogP contribution in [0.4, 0.5) is 0 Å². The summed E-state index contributed by atoms with van der Waals surface area (Å²) in [7, 11) is 0. The Labute approximate surface area is 181 Å². The van der Waals surface area contributed by atoms with E-state index >= 15 is 0 Å². The van der Waals surface area contributed by atoms with Crippen molar-refractivity contribution in [2.75, 3.05) is 0 Å². The van der Waals surface area contributed by atoms with Gasteiger partial charge in [-0.25, -0.2) is 10.2 Å². The van der Waals surface area contributed by atoms with Gasteiger partial charge in [0.2, 0.25) is 0 Å². The summed E-state index contributed by atoms with van der Waals surface area (Å²) in [6, 6.07) is 17.6. The molecule has 3 aromatic rings. The second-order valence-electron chi connectivity index (χ2n) is 5.80. The molecule has 0 aromatic heterocycles. The fraction of sp³-hybridized carbons (Fsp3) is 0. The summed E-state index contributed by atoms with van der Waals surface area (Å²) in [4.78, 5) is 24.3. The van der Waals surface area contributed by atoms with Gasteiger partial charge in [-0.2, -0.15) is 5.10 Å². The van der Waals surface area contributed by atoms with E-state index in [0.717, 1.165) is 0 Å². The van der Waals surface area contributed by atoms with Crippen LogP contribution < -0.4 is 10.2 Å². The average Bonchev–Trinajstić information content (AvgIpc) is 2.70. The molecule has 0 aliphatic heterocycles. The largest absolute Gasteiger partial charge is 0.423 e. The first-order valence-electron chi connectivity index (χ1n) is 8.28. The molecule has 1 amide bonds. The van der Waals surface area contributed by atoms with Crippen LogP contribution in [-0.4, -0.2) is 18.1 Å². The van der Waals surface area contributed by atoms with E-state index < -0.39 is 11.9 Å². The number of carbonyl (C=O) groups excluding carboxylic acids is 2.